The molecule has 0 aromatic carbocycles. The van der Waals surface area contributed by atoms with E-state index < -0.39 is 33.2 Å². The summed E-state index contributed by atoms with van der Waals surface area (Å²) in [5.41, 5.74) is 0. The minimum Gasteiger partial charge on any atom is -0.457 e. The van der Waals surface area contributed by atoms with Crippen LogP contribution in [-0.4, -0.2) is 66.3 Å². The monoisotopic (exact) mass is 554 g/mol. The number of phosphoric ester groups is 1. The van der Waals surface area contributed by atoms with Crippen molar-refractivity contribution < 1.29 is 43.0 Å². The van der Waals surface area contributed by atoms with Crippen molar-refractivity contribution in [2.24, 2.45) is 0 Å². The van der Waals surface area contributed by atoms with E-state index in [1.54, 1.807) is 0 Å². The molecular weight excluding hydrogens is 499 g/mol. The zero-order valence-electron chi connectivity index (χ0n) is 23.4. The van der Waals surface area contributed by atoms with E-state index in [4.69, 9.17) is 19.1 Å². The first kappa shape index (κ1) is 36.5. The smallest absolute Gasteiger partial charge is 0.457 e. The molecule has 0 aliphatic rings. The molecule has 0 aromatic heterocycles. The highest BCUT2D eigenvalue weighted by Crippen LogP contribution is 2.43. The Balaban J connectivity index is 4.35. The van der Waals surface area contributed by atoms with Gasteiger partial charge in [-0.1, -0.05) is 104 Å². The number of unbranched alkanes of at least 4 members (excludes halogenated alkanes) is 14. The van der Waals surface area contributed by atoms with Crippen LogP contribution in [0.5, 0.6) is 0 Å². The normalized spacial score (nSPS) is 14.8. The highest BCUT2D eigenvalue weighted by Gasteiger charge is 2.26. The fourth-order valence-electron chi connectivity index (χ4n) is 3.76. The third kappa shape index (κ3) is 25.5. The van der Waals surface area contributed by atoms with Gasteiger partial charge in [-0.25, -0.2) is 4.57 Å². The van der Waals surface area contributed by atoms with Crippen molar-refractivity contribution in [2.45, 2.75) is 135 Å². The summed E-state index contributed by atoms with van der Waals surface area (Å²) >= 11 is 0. The number of ether oxygens (including phenoxy) is 2. The number of aliphatic hydroxyl groups is 2. The molecule has 0 aliphatic heterocycles. The zero-order valence-corrected chi connectivity index (χ0v) is 24.3. The van der Waals surface area contributed by atoms with Crippen LogP contribution in [0.1, 0.15) is 123 Å². The molecule has 10 heteroatoms. The van der Waals surface area contributed by atoms with E-state index in [0.717, 1.165) is 38.5 Å². The van der Waals surface area contributed by atoms with E-state index in [2.05, 4.69) is 18.4 Å². The molecule has 222 valence electrons. The SMILES string of the molecule is CCCCCCCCCCOCC(COP(=O)(O)OCC(O)CO)OC(=O)CCCCCCCCCC. The summed E-state index contributed by atoms with van der Waals surface area (Å²) in [7, 11) is -4.48. The highest BCUT2D eigenvalue weighted by molar-refractivity contribution is 7.47. The van der Waals surface area contributed by atoms with Gasteiger partial charge < -0.3 is 24.6 Å². The van der Waals surface area contributed by atoms with Crippen molar-refractivity contribution >= 4 is 13.8 Å². The number of phosphoric acid groups is 1. The van der Waals surface area contributed by atoms with Gasteiger partial charge in [-0.3, -0.25) is 13.8 Å². The van der Waals surface area contributed by atoms with Crippen molar-refractivity contribution in [1.82, 2.24) is 0 Å². The standard InChI is InChI=1S/C27H55O9P/c1-3-5-7-9-11-13-15-17-19-27(30)36-26(24-35-37(31,32)34-22-25(29)21-28)23-33-20-18-16-14-12-10-8-6-4-2/h25-26,28-29H,3-24H2,1-2H3,(H,31,32). The summed E-state index contributed by atoms with van der Waals surface area (Å²) in [6.07, 6.45) is 16.5. The molecule has 0 heterocycles. The van der Waals surface area contributed by atoms with Crippen LogP contribution >= 0.6 is 7.82 Å². The Morgan fingerprint density at radius 1 is 0.730 bits per heavy atom. The van der Waals surface area contributed by atoms with Crippen LogP contribution in [0.15, 0.2) is 0 Å². The van der Waals surface area contributed by atoms with Gasteiger partial charge in [-0.15, -0.1) is 0 Å². The van der Waals surface area contributed by atoms with Gasteiger partial charge in [0.1, 0.15) is 12.2 Å². The summed E-state index contributed by atoms with van der Waals surface area (Å²) in [5.74, 6) is -0.389. The molecule has 0 radical (unpaired) electrons. The summed E-state index contributed by atoms with van der Waals surface area (Å²) in [6.45, 7) is 3.43. The van der Waals surface area contributed by atoms with Crippen LogP contribution in [0.4, 0.5) is 0 Å². The van der Waals surface area contributed by atoms with E-state index in [1.165, 1.54) is 64.2 Å². The Hall–Kier alpha value is -0.540. The first-order valence-electron chi connectivity index (χ1n) is 14.5. The average Bonchev–Trinajstić information content (AvgIpc) is 2.88. The van der Waals surface area contributed by atoms with Crippen molar-refractivity contribution in [2.75, 3.05) is 33.0 Å². The van der Waals surface area contributed by atoms with E-state index in [0.29, 0.717) is 6.61 Å². The maximum Gasteiger partial charge on any atom is 0.472 e. The average molecular weight is 555 g/mol. The largest absolute Gasteiger partial charge is 0.472 e. The molecule has 0 fully saturated rings. The van der Waals surface area contributed by atoms with Gasteiger partial charge in [0.2, 0.25) is 0 Å². The van der Waals surface area contributed by atoms with Crippen molar-refractivity contribution in [1.29, 1.82) is 0 Å². The molecule has 0 saturated heterocycles. The van der Waals surface area contributed by atoms with E-state index in [-0.39, 0.29) is 25.6 Å². The summed E-state index contributed by atoms with van der Waals surface area (Å²) in [4.78, 5) is 22.1. The molecule has 0 aliphatic carbocycles. The molecule has 0 bridgehead atoms. The van der Waals surface area contributed by atoms with Gasteiger partial charge in [0, 0.05) is 13.0 Å². The number of hydrogen-bond acceptors (Lipinski definition) is 8. The van der Waals surface area contributed by atoms with Crippen LogP contribution < -0.4 is 0 Å². The van der Waals surface area contributed by atoms with Crippen molar-refractivity contribution in [3.8, 4) is 0 Å². The molecule has 3 unspecified atom stereocenters. The first-order valence-corrected chi connectivity index (χ1v) is 16.0. The summed E-state index contributed by atoms with van der Waals surface area (Å²) in [5, 5.41) is 18.1. The Morgan fingerprint density at radius 2 is 1.22 bits per heavy atom. The topological polar surface area (TPSA) is 132 Å². The molecule has 0 rings (SSSR count). The quantitative estimate of drug-likeness (QED) is 0.0598. The van der Waals surface area contributed by atoms with Crippen LogP contribution in [-0.2, 0) is 27.9 Å². The Morgan fingerprint density at radius 3 is 1.76 bits per heavy atom. The lowest BCUT2D eigenvalue weighted by molar-refractivity contribution is -0.154. The molecule has 0 saturated carbocycles. The van der Waals surface area contributed by atoms with Crippen LogP contribution in [0.3, 0.4) is 0 Å². The second-order valence-electron chi connectivity index (χ2n) is 9.78. The molecular formula is C27H55O9P. The number of carbonyl (C=O) groups is 1. The fourth-order valence-corrected chi connectivity index (χ4v) is 4.55. The highest BCUT2D eigenvalue weighted by atomic mass is 31.2. The minimum absolute atomic E-state index is 0.0545. The Kier molecular flexibility index (Phi) is 25.3. The van der Waals surface area contributed by atoms with Gasteiger partial charge in [-0.2, -0.15) is 0 Å². The predicted octanol–water partition coefficient (Wildman–Crippen LogP) is 6.07. The Bertz CT molecular complexity index is 562. The van der Waals surface area contributed by atoms with Crippen LogP contribution in [0.25, 0.3) is 0 Å². The lowest BCUT2D eigenvalue weighted by Gasteiger charge is -2.20. The molecule has 3 atom stereocenters. The lowest BCUT2D eigenvalue weighted by Crippen LogP contribution is -2.29. The van der Waals surface area contributed by atoms with Crippen molar-refractivity contribution in [3.63, 3.8) is 0 Å². The van der Waals surface area contributed by atoms with E-state index in [9.17, 15) is 19.4 Å². The molecule has 9 nitrogen and oxygen atoms in total. The van der Waals surface area contributed by atoms with Gasteiger partial charge in [0.15, 0.2) is 0 Å². The zero-order chi connectivity index (χ0) is 27.6. The van der Waals surface area contributed by atoms with Crippen LogP contribution in [0.2, 0.25) is 0 Å². The van der Waals surface area contributed by atoms with Gasteiger partial charge in [0.05, 0.1) is 26.4 Å². The molecule has 0 spiro atoms. The summed E-state index contributed by atoms with van der Waals surface area (Å²) < 4.78 is 32.8. The van der Waals surface area contributed by atoms with Gasteiger partial charge >= 0.3 is 13.8 Å². The number of hydrogen-bond donors (Lipinski definition) is 3. The van der Waals surface area contributed by atoms with Crippen LogP contribution in [0, 0.1) is 0 Å². The second kappa shape index (κ2) is 25.7. The maximum absolute atomic E-state index is 12.3. The lowest BCUT2D eigenvalue weighted by atomic mass is 10.1. The van der Waals surface area contributed by atoms with Gasteiger partial charge in [0.25, 0.3) is 0 Å². The predicted molar refractivity (Wildman–Crippen MR) is 145 cm³/mol. The molecule has 0 amide bonds. The number of esters is 1. The van der Waals surface area contributed by atoms with E-state index in [1.807, 2.05) is 0 Å². The van der Waals surface area contributed by atoms with E-state index >= 15 is 0 Å². The molecule has 3 N–H and O–H groups in total. The van der Waals surface area contributed by atoms with Crippen molar-refractivity contribution in [3.05, 3.63) is 0 Å². The first-order chi connectivity index (χ1) is 17.8. The Labute approximate surface area is 225 Å². The number of rotatable bonds is 28. The fraction of sp³-hybridized carbons (Fsp3) is 0.963. The third-order valence-electron chi connectivity index (χ3n) is 6.04. The third-order valence-corrected chi connectivity index (χ3v) is 6.99. The molecule has 37 heavy (non-hydrogen) atoms. The number of aliphatic hydroxyl groups excluding tert-OH is 2. The minimum atomic E-state index is -4.48. The summed E-state index contributed by atoms with van der Waals surface area (Å²) in [6, 6.07) is 0. The number of carbonyl (C=O) groups excluding carboxylic acids is 1. The molecule has 0 aromatic rings. The maximum atomic E-state index is 12.3. The second-order valence-corrected chi connectivity index (χ2v) is 11.2. The van der Waals surface area contributed by atoms with Gasteiger partial charge in [-0.05, 0) is 12.8 Å².